The summed E-state index contributed by atoms with van der Waals surface area (Å²) in [4.78, 5) is 31.7. The van der Waals surface area contributed by atoms with Gasteiger partial charge in [0, 0.05) is 12.8 Å². The largest absolute Gasteiger partial charge is 0.481 e. The van der Waals surface area contributed by atoms with Gasteiger partial charge in [-0.25, -0.2) is 4.79 Å². The van der Waals surface area contributed by atoms with E-state index in [4.69, 9.17) is 10.8 Å². The fraction of sp³-hybridized carbons (Fsp3) is 0.667. The molecule has 16 heavy (non-hydrogen) atoms. The molecule has 1 atom stereocenters. The zero-order chi connectivity index (χ0) is 12.6. The summed E-state index contributed by atoms with van der Waals surface area (Å²) in [5.41, 5.74) is 4.71. The van der Waals surface area contributed by atoms with Gasteiger partial charge in [-0.1, -0.05) is 6.92 Å². The third kappa shape index (κ3) is 8.79. The number of aliphatic carboxylic acids is 1. The van der Waals surface area contributed by atoms with Crippen LogP contribution in [0.3, 0.4) is 0 Å². The smallest absolute Gasteiger partial charge is 0.404 e. The Balaban J connectivity index is 3.58. The summed E-state index contributed by atoms with van der Waals surface area (Å²) in [5, 5.41) is 10.9. The Morgan fingerprint density at radius 3 is 2.50 bits per heavy atom. The first-order valence-corrected chi connectivity index (χ1v) is 4.82. The minimum absolute atomic E-state index is 0.00832. The zero-order valence-electron chi connectivity index (χ0n) is 9.06. The molecule has 0 saturated heterocycles. The lowest BCUT2D eigenvalue weighted by atomic mass is 10.0. The van der Waals surface area contributed by atoms with E-state index in [0.717, 1.165) is 0 Å². The molecule has 0 aliphatic rings. The summed E-state index contributed by atoms with van der Waals surface area (Å²) in [6, 6.07) is 0. The number of nitrogens with two attached hydrogens (primary N) is 1. The number of hydrogen-bond acceptors (Lipinski definition) is 4. The lowest BCUT2D eigenvalue weighted by Gasteiger charge is -2.09. The van der Waals surface area contributed by atoms with E-state index in [1.54, 1.807) is 6.92 Å². The molecule has 0 radical (unpaired) electrons. The van der Waals surface area contributed by atoms with Gasteiger partial charge in [-0.15, -0.1) is 0 Å². The van der Waals surface area contributed by atoms with Crippen molar-refractivity contribution in [3.05, 3.63) is 0 Å². The Hall–Kier alpha value is -1.79. The van der Waals surface area contributed by atoms with Crippen LogP contribution in [-0.4, -0.2) is 36.2 Å². The highest BCUT2D eigenvalue weighted by Crippen LogP contribution is 2.06. The lowest BCUT2D eigenvalue weighted by Crippen LogP contribution is -2.30. The second-order valence-corrected chi connectivity index (χ2v) is 3.42. The number of ether oxygens (including phenoxy) is 1. The Morgan fingerprint density at radius 2 is 2.00 bits per heavy atom. The minimum atomic E-state index is -0.933. The van der Waals surface area contributed by atoms with Gasteiger partial charge >= 0.3 is 12.1 Å². The van der Waals surface area contributed by atoms with Gasteiger partial charge in [-0.05, 0) is 5.92 Å². The van der Waals surface area contributed by atoms with Crippen molar-refractivity contribution >= 4 is 18.0 Å². The molecule has 92 valence electrons. The molecular weight excluding hydrogens is 216 g/mol. The Morgan fingerprint density at radius 1 is 1.38 bits per heavy atom. The molecule has 7 nitrogen and oxygen atoms in total. The molecule has 0 spiro atoms. The normalized spacial score (nSPS) is 11.6. The van der Waals surface area contributed by atoms with E-state index in [-0.39, 0.29) is 37.8 Å². The number of carboxylic acids is 1. The van der Waals surface area contributed by atoms with E-state index in [1.807, 2.05) is 0 Å². The molecule has 2 amide bonds. The molecule has 0 fully saturated rings. The van der Waals surface area contributed by atoms with Gasteiger partial charge in [-0.3, -0.25) is 9.59 Å². The lowest BCUT2D eigenvalue weighted by molar-refractivity contribution is -0.138. The van der Waals surface area contributed by atoms with Crippen molar-refractivity contribution in [2.45, 2.75) is 19.8 Å². The highest BCUT2D eigenvalue weighted by molar-refractivity contribution is 5.77. The van der Waals surface area contributed by atoms with E-state index >= 15 is 0 Å². The Labute approximate surface area is 92.9 Å². The van der Waals surface area contributed by atoms with Crippen LogP contribution in [0.5, 0.6) is 0 Å². The quantitative estimate of drug-likeness (QED) is 0.520. The van der Waals surface area contributed by atoms with Gasteiger partial charge in [0.05, 0.1) is 6.54 Å². The van der Waals surface area contributed by atoms with Crippen LogP contribution in [0.2, 0.25) is 0 Å². The van der Waals surface area contributed by atoms with Crippen molar-refractivity contribution < 1.29 is 24.2 Å². The number of carbonyl (C=O) groups excluding carboxylic acids is 2. The summed E-state index contributed by atoms with van der Waals surface area (Å²) in [5.74, 6) is -1.44. The molecule has 0 saturated carbocycles. The highest BCUT2D eigenvalue weighted by atomic mass is 16.5. The third-order valence-corrected chi connectivity index (χ3v) is 1.73. The number of primary amides is 1. The summed E-state index contributed by atoms with van der Waals surface area (Å²) >= 11 is 0. The second-order valence-electron chi connectivity index (χ2n) is 3.42. The minimum Gasteiger partial charge on any atom is -0.481 e. The summed E-state index contributed by atoms with van der Waals surface area (Å²) in [7, 11) is 0. The van der Waals surface area contributed by atoms with Crippen molar-refractivity contribution in [3.63, 3.8) is 0 Å². The molecule has 0 rings (SSSR count). The first-order valence-electron chi connectivity index (χ1n) is 4.82. The van der Waals surface area contributed by atoms with Crippen molar-refractivity contribution in [3.8, 4) is 0 Å². The van der Waals surface area contributed by atoms with Crippen LogP contribution in [0.4, 0.5) is 4.79 Å². The molecule has 1 unspecified atom stereocenters. The average Bonchev–Trinajstić information content (AvgIpc) is 2.10. The predicted octanol–water partition coefficient (Wildman–Crippen LogP) is -0.301. The van der Waals surface area contributed by atoms with Crippen LogP contribution >= 0.6 is 0 Å². The van der Waals surface area contributed by atoms with E-state index in [0.29, 0.717) is 0 Å². The van der Waals surface area contributed by atoms with E-state index in [2.05, 4.69) is 10.1 Å². The number of amides is 2. The summed E-state index contributed by atoms with van der Waals surface area (Å²) < 4.78 is 4.39. The van der Waals surface area contributed by atoms with Gasteiger partial charge in [0.25, 0.3) is 0 Å². The number of rotatable bonds is 7. The van der Waals surface area contributed by atoms with Crippen LogP contribution in [0.25, 0.3) is 0 Å². The van der Waals surface area contributed by atoms with Gasteiger partial charge < -0.3 is 20.9 Å². The van der Waals surface area contributed by atoms with Gasteiger partial charge in [0.15, 0.2) is 0 Å². The highest BCUT2D eigenvalue weighted by Gasteiger charge is 2.12. The van der Waals surface area contributed by atoms with Crippen LogP contribution in [0.15, 0.2) is 0 Å². The van der Waals surface area contributed by atoms with E-state index < -0.39 is 12.1 Å². The number of carboxylic acid groups (broad SMARTS) is 1. The Bertz CT molecular complexity index is 267. The summed E-state index contributed by atoms with van der Waals surface area (Å²) in [6.45, 7) is 1.85. The SMILES string of the molecule is CC(CC(=O)O)CC(=O)NCCOC(N)=O. The molecule has 0 heterocycles. The van der Waals surface area contributed by atoms with Crippen LogP contribution in [0.1, 0.15) is 19.8 Å². The molecule has 4 N–H and O–H groups in total. The maximum absolute atomic E-state index is 11.2. The zero-order valence-corrected chi connectivity index (χ0v) is 9.06. The van der Waals surface area contributed by atoms with Crippen molar-refractivity contribution in [1.82, 2.24) is 5.32 Å². The van der Waals surface area contributed by atoms with Crippen molar-refractivity contribution in [1.29, 1.82) is 0 Å². The Kier molecular flexibility index (Phi) is 6.66. The molecule has 0 aliphatic carbocycles. The maximum Gasteiger partial charge on any atom is 0.404 e. The average molecular weight is 232 g/mol. The molecule has 7 heteroatoms. The van der Waals surface area contributed by atoms with Gasteiger partial charge in [-0.2, -0.15) is 0 Å². The molecule has 0 aromatic heterocycles. The first-order chi connectivity index (χ1) is 7.41. The summed E-state index contributed by atoms with van der Waals surface area (Å²) in [6.07, 6.45) is -0.817. The molecule has 0 aliphatic heterocycles. The van der Waals surface area contributed by atoms with Gasteiger partial charge in [0.2, 0.25) is 5.91 Å². The first kappa shape index (κ1) is 14.2. The van der Waals surface area contributed by atoms with Crippen molar-refractivity contribution in [2.75, 3.05) is 13.2 Å². The van der Waals surface area contributed by atoms with Crippen LogP contribution in [0, 0.1) is 5.92 Å². The van der Waals surface area contributed by atoms with Crippen molar-refractivity contribution in [2.24, 2.45) is 11.7 Å². The molecule has 0 aromatic rings. The third-order valence-electron chi connectivity index (χ3n) is 1.73. The number of carbonyl (C=O) groups is 3. The molecule has 0 aromatic carbocycles. The van der Waals surface area contributed by atoms with E-state index in [9.17, 15) is 14.4 Å². The molecule has 0 bridgehead atoms. The second kappa shape index (κ2) is 7.49. The van der Waals surface area contributed by atoms with E-state index in [1.165, 1.54) is 0 Å². The molecular formula is C9H16N2O5. The topological polar surface area (TPSA) is 119 Å². The standard InChI is InChI=1S/C9H16N2O5/c1-6(5-8(13)14)4-7(12)11-2-3-16-9(10)15/h6H,2-5H2,1H3,(H2,10,15)(H,11,12)(H,13,14). The number of nitrogens with one attached hydrogen (secondary N) is 1. The predicted molar refractivity (Wildman–Crippen MR) is 54.6 cm³/mol. The van der Waals surface area contributed by atoms with Crippen LogP contribution < -0.4 is 11.1 Å². The maximum atomic E-state index is 11.2. The fourth-order valence-electron chi connectivity index (χ4n) is 1.10. The monoisotopic (exact) mass is 232 g/mol. The van der Waals surface area contributed by atoms with Gasteiger partial charge in [0.1, 0.15) is 6.61 Å². The van der Waals surface area contributed by atoms with Crippen LogP contribution in [-0.2, 0) is 14.3 Å². The fourth-order valence-corrected chi connectivity index (χ4v) is 1.10. The number of hydrogen-bond donors (Lipinski definition) is 3.